The Morgan fingerprint density at radius 1 is 1.53 bits per heavy atom. The minimum Gasteiger partial charge on any atom is -0.478 e. The van der Waals surface area contributed by atoms with Gasteiger partial charge < -0.3 is 9.84 Å². The molecule has 92 valence electrons. The van der Waals surface area contributed by atoms with E-state index in [-0.39, 0.29) is 5.56 Å². The summed E-state index contributed by atoms with van der Waals surface area (Å²) < 4.78 is 5.42. The van der Waals surface area contributed by atoms with Gasteiger partial charge in [-0.15, -0.1) is 6.58 Å². The topological polar surface area (TPSA) is 46.5 Å². The Balaban J connectivity index is 2.54. The Labute approximate surface area is 106 Å². The fourth-order valence-corrected chi connectivity index (χ4v) is 1.46. The summed E-state index contributed by atoms with van der Waals surface area (Å²) in [6.45, 7) is 6.69. The quantitative estimate of drug-likeness (QED) is 0.624. The summed E-state index contributed by atoms with van der Waals surface area (Å²) in [5.74, 6) is -0.985. The first-order valence-corrected chi connectivity index (χ1v) is 5.62. The zero-order valence-electron chi connectivity index (χ0n) is 9.70. The average molecular weight is 255 g/mol. The van der Waals surface area contributed by atoms with E-state index in [1.165, 1.54) is 12.1 Å². The van der Waals surface area contributed by atoms with E-state index < -0.39 is 5.97 Å². The predicted molar refractivity (Wildman–Crippen MR) is 67.5 cm³/mol. The molecular weight excluding hydrogens is 240 g/mol. The van der Waals surface area contributed by atoms with Crippen LogP contribution in [0.25, 0.3) is 0 Å². The Kier molecular flexibility index (Phi) is 5.19. The van der Waals surface area contributed by atoms with Crippen molar-refractivity contribution in [2.75, 3.05) is 6.61 Å². The van der Waals surface area contributed by atoms with Crippen molar-refractivity contribution in [1.82, 2.24) is 0 Å². The maximum atomic E-state index is 10.7. The van der Waals surface area contributed by atoms with Crippen LogP contribution in [0.3, 0.4) is 0 Å². The molecule has 0 amide bonds. The van der Waals surface area contributed by atoms with Gasteiger partial charge in [0.2, 0.25) is 0 Å². The van der Waals surface area contributed by atoms with Gasteiger partial charge in [0, 0.05) is 5.02 Å². The van der Waals surface area contributed by atoms with Crippen LogP contribution in [0.15, 0.2) is 30.4 Å². The Morgan fingerprint density at radius 2 is 2.24 bits per heavy atom. The highest BCUT2D eigenvalue weighted by Crippen LogP contribution is 2.19. The lowest BCUT2D eigenvalue weighted by Gasteiger charge is -2.07. The SMILES string of the molecule is C=C(C)CCOCc1ccc(C(=O)O)cc1Cl. The third-order valence-corrected chi connectivity index (χ3v) is 2.58. The van der Waals surface area contributed by atoms with Crippen molar-refractivity contribution in [3.05, 3.63) is 46.5 Å². The van der Waals surface area contributed by atoms with E-state index in [4.69, 9.17) is 21.4 Å². The second-order valence-corrected chi connectivity index (χ2v) is 4.28. The molecule has 0 unspecified atom stereocenters. The molecule has 0 bridgehead atoms. The molecule has 17 heavy (non-hydrogen) atoms. The lowest BCUT2D eigenvalue weighted by molar-refractivity contribution is 0.0696. The van der Waals surface area contributed by atoms with Gasteiger partial charge in [0.15, 0.2) is 0 Å². The van der Waals surface area contributed by atoms with E-state index in [0.29, 0.717) is 18.2 Å². The largest absolute Gasteiger partial charge is 0.478 e. The van der Waals surface area contributed by atoms with Gasteiger partial charge in [-0.3, -0.25) is 0 Å². The molecule has 0 saturated heterocycles. The molecule has 0 aliphatic heterocycles. The van der Waals surface area contributed by atoms with E-state index in [9.17, 15) is 4.79 Å². The van der Waals surface area contributed by atoms with E-state index in [1.54, 1.807) is 6.07 Å². The summed E-state index contributed by atoms with van der Waals surface area (Å²) in [6.07, 6.45) is 0.810. The zero-order valence-corrected chi connectivity index (χ0v) is 10.5. The van der Waals surface area contributed by atoms with Crippen LogP contribution in [0.4, 0.5) is 0 Å². The fourth-order valence-electron chi connectivity index (χ4n) is 1.23. The Bertz CT molecular complexity index is 427. The maximum absolute atomic E-state index is 10.7. The van der Waals surface area contributed by atoms with Crippen molar-refractivity contribution >= 4 is 17.6 Å². The van der Waals surface area contributed by atoms with Gasteiger partial charge in [0.05, 0.1) is 18.8 Å². The molecule has 0 atom stereocenters. The van der Waals surface area contributed by atoms with E-state index in [1.807, 2.05) is 6.92 Å². The van der Waals surface area contributed by atoms with Crippen molar-refractivity contribution in [2.45, 2.75) is 20.0 Å². The van der Waals surface area contributed by atoms with Crippen molar-refractivity contribution in [1.29, 1.82) is 0 Å². The molecule has 0 heterocycles. The van der Waals surface area contributed by atoms with Gasteiger partial charge in [-0.25, -0.2) is 4.79 Å². The molecule has 1 N–H and O–H groups in total. The first-order chi connectivity index (χ1) is 8.00. The molecule has 3 nitrogen and oxygen atoms in total. The lowest BCUT2D eigenvalue weighted by Crippen LogP contribution is -2.00. The minimum absolute atomic E-state index is 0.181. The van der Waals surface area contributed by atoms with E-state index in [2.05, 4.69) is 6.58 Å². The van der Waals surface area contributed by atoms with Crippen LogP contribution in [0, 0.1) is 0 Å². The summed E-state index contributed by atoms with van der Waals surface area (Å²) >= 11 is 5.95. The molecule has 1 aromatic carbocycles. The third-order valence-electron chi connectivity index (χ3n) is 2.23. The van der Waals surface area contributed by atoms with Crippen LogP contribution in [0.2, 0.25) is 5.02 Å². The number of rotatable bonds is 6. The Morgan fingerprint density at radius 3 is 2.76 bits per heavy atom. The number of carboxylic acids is 1. The predicted octanol–water partition coefficient (Wildman–Crippen LogP) is 3.52. The van der Waals surface area contributed by atoms with Gasteiger partial charge in [0.1, 0.15) is 0 Å². The molecule has 0 aromatic heterocycles. The van der Waals surface area contributed by atoms with E-state index in [0.717, 1.165) is 17.6 Å². The number of ether oxygens (including phenoxy) is 1. The monoisotopic (exact) mass is 254 g/mol. The summed E-state index contributed by atoms with van der Waals surface area (Å²) in [5, 5.41) is 9.19. The first kappa shape index (κ1) is 13.7. The van der Waals surface area contributed by atoms with Gasteiger partial charge in [-0.05, 0) is 31.0 Å². The smallest absolute Gasteiger partial charge is 0.335 e. The molecule has 0 spiro atoms. The second kappa shape index (κ2) is 6.42. The summed E-state index contributed by atoms with van der Waals surface area (Å²) in [7, 11) is 0. The van der Waals surface area contributed by atoms with Crippen LogP contribution in [0.1, 0.15) is 29.3 Å². The van der Waals surface area contributed by atoms with Crippen molar-refractivity contribution in [3.63, 3.8) is 0 Å². The number of carbonyl (C=O) groups is 1. The molecule has 1 rings (SSSR count). The summed E-state index contributed by atoms with van der Waals surface area (Å²) in [5.41, 5.74) is 2.04. The van der Waals surface area contributed by atoms with Crippen LogP contribution in [0.5, 0.6) is 0 Å². The third kappa shape index (κ3) is 4.59. The molecule has 0 saturated carbocycles. The average Bonchev–Trinajstić information content (AvgIpc) is 2.25. The lowest BCUT2D eigenvalue weighted by atomic mass is 10.1. The van der Waals surface area contributed by atoms with E-state index >= 15 is 0 Å². The van der Waals surface area contributed by atoms with Crippen molar-refractivity contribution in [2.24, 2.45) is 0 Å². The molecule has 4 heteroatoms. The molecule has 1 aromatic rings. The van der Waals surface area contributed by atoms with Crippen LogP contribution in [-0.2, 0) is 11.3 Å². The molecule has 0 fully saturated rings. The molecule has 0 radical (unpaired) electrons. The van der Waals surface area contributed by atoms with Gasteiger partial charge >= 0.3 is 5.97 Å². The minimum atomic E-state index is -0.985. The normalized spacial score (nSPS) is 10.2. The molecular formula is C13H15ClO3. The molecule has 0 aliphatic carbocycles. The molecule has 0 aliphatic rings. The number of hydrogen-bond acceptors (Lipinski definition) is 2. The van der Waals surface area contributed by atoms with Crippen LogP contribution < -0.4 is 0 Å². The fraction of sp³-hybridized carbons (Fsp3) is 0.308. The number of aromatic carboxylic acids is 1. The van der Waals surface area contributed by atoms with Gasteiger partial charge in [0.25, 0.3) is 0 Å². The highest BCUT2D eigenvalue weighted by molar-refractivity contribution is 6.31. The van der Waals surface area contributed by atoms with Crippen LogP contribution >= 0.6 is 11.6 Å². The number of carboxylic acid groups (broad SMARTS) is 1. The number of halogens is 1. The van der Waals surface area contributed by atoms with Crippen LogP contribution in [-0.4, -0.2) is 17.7 Å². The number of benzene rings is 1. The summed E-state index contributed by atoms with van der Waals surface area (Å²) in [4.78, 5) is 10.7. The Hall–Kier alpha value is -1.32. The highest BCUT2D eigenvalue weighted by atomic mass is 35.5. The number of hydrogen-bond donors (Lipinski definition) is 1. The maximum Gasteiger partial charge on any atom is 0.335 e. The van der Waals surface area contributed by atoms with Crippen molar-refractivity contribution in [3.8, 4) is 0 Å². The second-order valence-electron chi connectivity index (χ2n) is 3.87. The van der Waals surface area contributed by atoms with Gasteiger partial charge in [-0.2, -0.15) is 0 Å². The van der Waals surface area contributed by atoms with Gasteiger partial charge in [-0.1, -0.05) is 23.2 Å². The summed E-state index contributed by atoms with van der Waals surface area (Å²) in [6, 6.07) is 4.62. The zero-order chi connectivity index (χ0) is 12.8. The standard InChI is InChI=1S/C13H15ClO3/c1-9(2)5-6-17-8-11-4-3-10(13(15)16)7-12(11)14/h3-4,7H,1,5-6,8H2,2H3,(H,15,16). The first-order valence-electron chi connectivity index (χ1n) is 5.24. The highest BCUT2D eigenvalue weighted by Gasteiger charge is 2.06. The van der Waals surface area contributed by atoms with Crippen molar-refractivity contribution < 1.29 is 14.6 Å².